The van der Waals surface area contributed by atoms with E-state index in [0.29, 0.717) is 12.2 Å². The Kier molecular flexibility index (Phi) is 5.22. The van der Waals surface area contributed by atoms with Crippen LogP contribution in [0.4, 0.5) is 0 Å². The monoisotopic (exact) mass is 343 g/mol. The zero-order valence-corrected chi connectivity index (χ0v) is 13.5. The summed E-state index contributed by atoms with van der Waals surface area (Å²) >= 11 is 7.39. The molecule has 0 bridgehead atoms. The Hall–Kier alpha value is -1.14. The molecule has 3 rings (SSSR count). The number of benzene rings is 1. The number of carbonyl (C=O) groups excluding carboxylic acids is 1. The van der Waals surface area contributed by atoms with Gasteiger partial charge in [-0.3, -0.25) is 4.79 Å². The van der Waals surface area contributed by atoms with Crippen LogP contribution in [-0.4, -0.2) is 10.9 Å². The molecule has 0 aliphatic heterocycles. The van der Waals surface area contributed by atoms with E-state index < -0.39 is 0 Å². The Balaban J connectivity index is 0.00000161. The SMILES string of the molecule is Cl.NCc1nc(C(=O)NC2CCc3cc(Cl)ccc32)cs1. The molecule has 1 aromatic carbocycles. The van der Waals surface area contributed by atoms with E-state index in [0.717, 1.165) is 28.4 Å². The van der Waals surface area contributed by atoms with Crippen LogP contribution in [0.2, 0.25) is 5.02 Å². The summed E-state index contributed by atoms with van der Waals surface area (Å²) in [6, 6.07) is 5.86. The molecule has 0 fully saturated rings. The van der Waals surface area contributed by atoms with Crippen molar-refractivity contribution in [2.24, 2.45) is 5.73 Å². The fourth-order valence-corrected chi connectivity index (χ4v) is 3.33. The summed E-state index contributed by atoms with van der Waals surface area (Å²) in [5.74, 6) is -0.145. The van der Waals surface area contributed by atoms with Crippen LogP contribution in [0.5, 0.6) is 0 Å². The molecule has 112 valence electrons. The van der Waals surface area contributed by atoms with Gasteiger partial charge in [0.05, 0.1) is 6.04 Å². The van der Waals surface area contributed by atoms with Crippen molar-refractivity contribution in [2.45, 2.75) is 25.4 Å². The Morgan fingerprint density at radius 1 is 1.52 bits per heavy atom. The lowest BCUT2D eigenvalue weighted by atomic mass is 10.1. The lowest BCUT2D eigenvalue weighted by Crippen LogP contribution is -2.27. The highest BCUT2D eigenvalue weighted by molar-refractivity contribution is 7.09. The van der Waals surface area contributed by atoms with Crippen molar-refractivity contribution in [2.75, 3.05) is 0 Å². The van der Waals surface area contributed by atoms with Crippen LogP contribution >= 0.6 is 35.3 Å². The number of nitrogens with one attached hydrogen (secondary N) is 1. The maximum absolute atomic E-state index is 12.2. The first-order valence-corrected chi connectivity index (χ1v) is 7.67. The van der Waals surface area contributed by atoms with Crippen molar-refractivity contribution < 1.29 is 4.79 Å². The molecule has 1 aromatic heterocycles. The maximum atomic E-state index is 12.2. The van der Waals surface area contributed by atoms with E-state index in [-0.39, 0.29) is 24.4 Å². The second-order valence-corrected chi connectivity index (χ2v) is 6.12. The number of amides is 1. The predicted molar refractivity (Wildman–Crippen MR) is 87.2 cm³/mol. The molecule has 0 saturated heterocycles. The average molecular weight is 344 g/mol. The molecule has 1 atom stereocenters. The second kappa shape index (κ2) is 6.75. The largest absolute Gasteiger partial charge is 0.344 e. The highest BCUT2D eigenvalue weighted by Gasteiger charge is 2.25. The lowest BCUT2D eigenvalue weighted by molar-refractivity contribution is 0.0932. The molecular weight excluding hydrogens is 329 g/mol. The predicted octanol–water partition coefficient (Wildman–Crippen LogP) is 3.09. The van der Waals surface area contributed by atoms with Crippen molar-refractivity contribution in [1.29, 1.82) is 0 Å². The van der Waals surface area contributed by atoms with Gasteiger partial charge in [0.15, 0.2) is 0 Å². The fraction of sp³-hybridized carbons (Fsp3) is 0.286. The maximum Gasteiger partial charge on any atom is 0.271 e. The van der Waals surface area contributed by atoms with Crippen LogP contribution in [0.15, 0.2) is 23.6 Å². The Morgan fingerprint density at radius 2 is 2.33 bits per heavy atom. The molecule has 1 aliphatic carbocycles. The summed E-state index contributed by atoms with van der Waals surface area (Å²) in [4.78, 5) is 16.4. The smallest absolute Gasteiger partial charge is 0.271 e. The van der Waals surface area contributed by atoms with E-state index in [4.69, 9.17) is 17.3 Å². The third kappa shape index (κ3) is 3.37. The molecular formula is C14H15Cl2N3OS. The first-order valence-electron chi connectivity index (χ1n) is 6.41. The molecule has 2 aromatic rings. The number of hydrogen-bond donors (Lipinski definition) is 2. The zero-order chi connectivity index (χ0) is 14.1. The average Bonchev–Trinajstić information content (AvgIpc) is 3.05. The van der Waals surface area contributed by atoms with Crippen LogP contribution in [0.25, 0.3) is 0 Å². The molecule has 1 amide bonds. The number of fused-ring (bicyclic) bond motifs is 1. The second-order valence-electron chi connectivity index (χ2n) is 4.74. The Morgan fingerprint density at radius 3 is 3.05 bits per heavy atom. The Labute approximate surface area is 138 Å². The standard InChI is InChI=1S/C14H14ClN3OS.ClH/c15-9-2-3-10-8(5-9)1-4-11(10)18-14(19)12-7-20-13(6-16)17-12;/h2-3,5,7,11H,1,4,6,16H2,(H,18,19);1H. The van der Waals surface area contributed by atoms with Gasteiger partial charge in [-0.25, -0.2) is 4.98 Å². The van der Waals surface area contributed by atoms with Gasteiger partial charge in [0.25, 0.3) is 5.91 Å². The molecule has 0 radical (unpaired) electrons. The van der Waals surface area contributed by atoms with E-state index in [2.05, 4.69) is 10.3 Å². The first-order chi connectivity index (χ1) is 9.67. The van der Waals surface area contributed by atoms with Gasteiger partial charge >= 0.3 is 0 Å². The first kappa shape index (κ1) is 16.2. The third-order valence-corrected chi connectivity index (χ3v) is 4.55. The van der Waals surface area contributed by atoms with Gasteiger partial charge in [0.2, 0.25) is 0 Å². The van der Waals surface area contributed by atoms with Crippen LogP contribution < -0.4 is 11.1 Å². The lowest BCUT2D eigenvalue weighted by Gasteiger charge is -2.13. The van der Waals surface area contributed by atoms with E-state index in [1.807, 2.05) is 18.2 Å². The van der Waals surface area contributed by atoms with Crippen molar-refractivity contribution >= 4 is 41.3 Å². The molecule has 3 N–H and O–H groups in total. The molecule has 7 heteroatoms. The van der Waals surface area contributed by atoms with Crippen molar-refractivity contribution in [3.8, 4) is 0 Å². The number of nitrogens with zero attached hydrogens (tertiary/aromatic N) is 1. The van der Waals surface area contributed by atoms with Gasteiger partial charge in [-0.15, -0.1) is 23.7 Å². The number of hydrogen-bond acceptors (Lipinski definition) is 4. The minimum absolute atomic E-state index is 0. The molecule has 4 nitrogen and oxygen atoms in total. The minimum Gasteiger partial charge on any atom is -0.344 e. The van der Waals surface area contributed by atoms with Gasteiger partial charge in [0.1, 0.15) is 10.7 Å². The van der Waals surface area contributed by atoms with Crippen molar-refractivity contribution in [3.05, 3.63) is 50.4 Å². The molecule has 1 unspecified atom stereocenters. The molecule has 0 saturated carbocycles. The van der Waals surface area contributed by atoms with Gasteiger partial charge in [-0.2, -0.15) is 0 Å². The van der Waals surface area contributed by atoms with Crippen molar-refractivity contribution in [3.63, 3.8) is 0 Å². The fourth-order valence-electron chi connectivity index (χ4n) is 2.48. The number of halogens is 2. The van der Waals surface area contributed by atoms with Gasteiger partial charge < -0.3 is 11.1 Å². The number of aryl methyl sites for hydroxylation is 1. The third-order valence-electron chi connectivity index (χ3n) is 3.45. The summed E-state index contributed by atoms with van der Waals surface area (Å²) in [5, 5.41) is 6.29. The Bertz CT molecular complexity index is 659. The molecule has 1 aliphatic rings. The van der Waals surface area contributed by atoms with Crippen LogP contribution in [0, 0.1) is 0 Å². The van der Waals surface area contributed by atoms with Gasteiger partial charge in [-0.1, -0.05) is 17.7 Å². The molecule has 1 heterocycles. The summed E-state index contributed by atoms with van der Waals surface area (Å²) in [7, 11) is 0. The zero-order valence-electron chi connectivity index (χ0n) is 11.1. The molecule has 0 spiro atoms. The van der Waals surface area contributed by atoms with Gasteiger partial charge in [0, 0.05) is 16.9 Å². The summed E-state index contributed by atoms with van der Waals surface area (Å²) in [6.45, 7) is 0.364. The summed E-state index contributed by atoms with van der Waals surface area (Å²) < 4.78 is 0. The van der Waals surface area contributed by atoms with Crippen LogP contribution in [0.1, 0.15) is 39.1 Å². The minimum atomic E-state index is -0.145. The number of thiazole rings is 1. The molecule has 21 heavy (non-hydrogen) atoms. The topological polar surface area (TPSA) is 68.0 Å². The number of carbonyl (C=O) groups is 1. The normalized spacial score (nSPS) is 16.2. The van der Waals surface area contributed by atoms with Crippen molar-refractivity contribution in [1.82, 2.24) is 10.3 Å². The van der Waals surface area contributed by atoms with E-state index in [1.165, 1.54) is 16.9 Å². The summed E-state index contributed by atoms with van der Waals surface area (Å²) in [6.07, 6.45) is 1.83. The van der Waals surface area contributed by atoms with Gasteiger partial charge in [-0.05, 0) is 36.1 Å². The summed E-state index contributed by atoms with van der Waals surface area (Å²) in [5.41, 5.74) is 8.31. The number of aromatic nitrogens is 1. The van der Waals surface area contributed by atoms with Crippen LogP contribution in [0.3, 0.4) is 0 Å². The number of rotatable bonds is 3. The van der Waals surface area contributed by atoms with E-state index in [1.54, 1.807) is 5.38 Å². The highest BCUT2D eigenvalue weighted by Crippen LogP contribution is 2.33. The highest BCUT2D eigenvalue weighted by atomic mass is 35.5. The van der Waals surface area contributed by atoms with E-state index in [9.17, 15) is 4.79 Å². The van der Waals surface area contributed by atoms with E-state index >= 15 is 0 Å². The quantitative estimate of drug-likeness (QED) is 0.899. The van der Waals surface area contributed by atoms with Crippen LogP contribution in [-0.2, 0) is 13.0 Å². The number of nitrogens with two attached hydrogens (primary N) is 1.